The normalized spacial score (nSPS) is 13.7. The molecule has 10 heteroatoms. The van der Waals surface area contributed by atoms with E-state index in [0.717, 1.165) is 42.0 Å². The van der Waals surface area contributed by atoms with Crippen molar-refractivity contribution in [1.82, 2.24) is 14.8 Å². The number of carbonyl (C=O) groups excluding carboxylic acids is 1. The molecule has 41 heavy (non-hydrogen) atoms. The number of hydrogen-bond donors (Lipinski definition) is 0. The zero-order valence-corrected chi connectivity index (χ0v) is 24.4. The molecule has 1 aliphatic heterocycles. The molecule has 1 fully saturated rings. The van der Waals surface area contributed by atoms with Crippen LogP contribution in [0.15, 0.2) is 48.7 Å². The summed E-state index contributed by atoms with van der Waals surface area (Å²) >= 11 is 0. The minimum Gasteiger partial charge on any atom is -0.493 e. The lowest BCUT2D eigenvalue weighted by molar-refractivity contribution is -0.127. The maximum absolute atomic E-state index is 13.0. The third-order valence-electron chi connectivity index (χ3n) is 7.02. The zero-order chi connectivity index (χ0) is 29.4. The number of carbonyl (C=O) groups is 1. The highest BCUT2D eigenvalue weighted by molar-refractivity contribution is 5.92. The number of methoxy groups -OCH3 is 6. The second-order valence-electron chi connectivity index (χ2n) is 9.32. The number of nitrogens with zero attached hydrogens (tertiary/aromatic N) is 3. The predicted molar refractivity (Wildman–Crippen MR) is 156 cm³/mol. The van der Waals surface area contributed by atoms with Crippen molar-refractivity contribution in [3.63, 3.8) is 0 Å². The summed E-state index contributed by atoms with van der Waals surface area (Å²) < 4.78 is 32.7. The Morgan fingerprint density at radius 2 is 1.39 bits per heavy atom. The van der Waals surface area contributed by atoms with E-state index in [1.165, 1.54) is 0 Å². The van der Waals surface area contributed by atoms with E-state index in [1.807, 2.05) is 29.2 Å². The van der Waals surface area contributed by atoms with Crippen LogP contribution in [-0.2, 0) is 11.3 Å². The Morgan fingerprint density at radius 3 is 1.98 bits per heavy atom. The SMILES string of the molecule is COc1cc(-c2cc(CN3CCN(C(=O)C=Cc4ccc(OC)c(OC)c4OC)CC3)ccn2)cc(OC)c1OC. The molecule has 0 radical (unpaired) electrons. The smallest absolute Gasteiger partial charge is 0.246 e. The maximum Gasteiger partial charge on any atom is 0.246 e. The van der Waals surface area contributed by atoms with Crippen LogP contribution in [0.5, 0.6) is 34.5 Å². The van der Waals surface area contributed by atoms with Crippen LogP contribution in [0, 0.1) is 0 Å². The fourth-order valence-corrected chi connectivity index (χ4v) is 4.87. The molecule has 0 aliphatic carbocycles. The van der Waals surface area contributed by atoms with Gasteiger partial charge in [-0.3, -0.25) is 14.7 Å². The molecule has 3 aromatic rings. The van der Waals surface area contributed by atoms with Gasteiger partial charge in [0.15, 0.2) is 23.0 Å². The van der Waals surface area contributed by atoms with Gasteiger partial charge in [0.05, 0.1) is 48.4 Å². The van der Waals surface area contributed by atoms with Gasteiger partial charge in [-0.2, -0.15) is 0 Å². The van der Waals surface area contributed by atoms with E-state index in [2.05, 4.69) is 16.0 Å². The molecule has 0 bridgehead atoms. The monoisotopic (exact) mass is 563 g/mol. The summed E-state index contributed by atoms with van der Waals surface area (Å²) in [6, 6.07) is 11.5. The lowest BCUT2D eigenvalue weighted by atomic mass is 10.1. The Balaban J connectivity index is 1.39. The van der Waals surface area contributed by atoms with Gasteiger partial charge in [-0.05, 0) is 48.0 Å². The Kier molecular flexibility index (Phi) is 9.91. The van der Waals surface area contributed by atoms with Gasteiger partial charge in [-0.25, -0.2) is 0 Å². The zero-order valence-electron chi connectivity index (χ0n) is 24.4. The van der Waals surface area contributed by atoms with Crippen LogP contribution < -0.4 is 28.4 Å². The van der Waals surface area contributed by atoms with Crippen molar-refractivity contribution in [2.45, 2.75) is 6.54 Å². The molecular weight excluding hydrogens is 526 g/mol. The number of hydrogen-bond acceptors (Lipinski definition) is 9. The second kappa shape index (κ2) is 13.8. The highest BCUT2D eigenvalue weighted by atomic mass is 16.5. The van der Waals surface area contributed by atoms with Gasteiger partial charge in [0, 0.05) is 56.1 Å². The van der Waals surface area contributed by atoms with Gasteiger partial charge in [-0.15, -0.1) is 0 Å². The standard InChI is InChI=1S/C31H37N3O7/c1-36-25-9-7-22(29(39-4)31(25)41-6)8-10-28(35)34-15-13-33(14-16-34)20-21-11-12-32-24(17-21)23-18-26(37-2)30(40-5)27(19-23)38-3/h7-12,17-19H,13-16,20H2,1-6H3. The van der Waals surface area contributed by atoms with Crippen molar-refractivity contribution < 1.29 is 33.2 Å². The van der Waals surface area contributed by atoms with E-state index in [9.17, 15) is 4.79 Å². The summed E-state index contributed by atoms with van der Waals surface area (Å²) in [6.45, 7) is 3.55. The third kappa shape index (κ3) is 6.66. The number of rotatable bonds is 11. The van der Waals surface area contributed by atoms with Crippen LogP contribution in [0.2, 0.25) is 0 Å². The molecule has 10 nitrogen and oxygen atoms in total. The molecule has 0 saturated carbocycles. The van der Waals surface area contributed by atoms with Crippen LogP contribution in [0.1, 0.15) is 11.1 Å². The highest BCUT2D eigenvalue weighted by Crippen LogP contribution is 2.41. The molecule has 4 rings (SSSR count). The first kappa shape index (κ1) is 29.5. The Bertz CT molecular complexity index is 1360. The molecule has 2 aromatic carbocycles. The van der Waals surface area contributed by atoms with E-state index >= 15 is 0 Å². The van der Waals surface area contributed by atoms with Gasteiger partial charge in [0.1, 0.15) is 0 Å². The molecule has 218 valence electrons. The quantitative estimate of drug-likeness (QED) is 0.319. The fraction of sp³-hybridized carbons (Fsp3) is 0.355. The average molecular weight is 564 g/mol. The van der Waals surface area contributed by atoms with Gasteiger partial charge in [-0.1, -0.05) is 0 Å². The number of piperazine rings is 1. The minimum atomic E-state index is -0.0462. The van der Waals surface area contributed by atoms with Crippen LogP contribution in [0.25, 0.3) is 17.3 Å². The van der Waals surface area contributed by atoms with Gasteiger partial charge in [0.25, 0.3) is 0 Å². The van der Waals surface area contributed by atoms with E-state index in [0.29, 0.717) is 47.6 Å². The van der Waals surface area contributed by atoms with Crippen LogP contribution in [0.3, 0.4) is 0 Å². The molecular formula is C31H37N3O7. The molecule has 0 N–H and O–H groups in total. The Hall–Kier alpha value is -4.44. The van der Waals surface area contributed by atoms with Crippen molar-refractivity contribution in [3.8, 4) is 45.8 Å². The van der Waals surface area contributed by atoms with E-state index < -0.39 is 0 Å². The molecule has 1 aromatic heterocycles. The topological polar surface area (TPSA) is 91.8 Å². The molecule has 1 saturated heterocycles. The first-order chi connectivity index (χ1) is 20.0. The Labute approximate surface area is 241 Å². The van der Waals surface area contributed by atoms with Gasteiger partial charge < -0.3 is 33.3 Å². The summed E-state index contributed by atoms with van der Waals surface area (Å²) in [6.07, 6.45) is 5.13. The number of benzene rings is 2. The van der Waals surface area contributed by atoms with Crippen LogP contribution in [-0.4, -0.2) is 89.5 Å². The summed E-state index contributed by atoms with van der Waals surface area (Å²) in [7, 11) is 9.46. The molecule has 1 amide bonds. The number of aromatic nitrogens is 1. The van der Waals surface area contributed by atoms with E-state index in [-0.39, 0.29) is 5.91 Å². The number of amides is 1. The van der Waals surface area contributed by atoms with Crippen LogP contribution in [0.4, 0.5) is 0 Å². The largest absolute Gasteiger partial charge is 0.493 e. The number of pyridine rings is 1. The summed E-state index contributed by atoms with van der Waals surface area (Å²) in [4.78, 5) is 21.7. The fourth-order valence-electron chi connectivity index (χ4n) is 4.87. The van der Waals surface area contributed by atoms with Crippen molar-refractivity contribution in [2.24, 2.45) is 0 Å². The lowest BCUT2D eigenvalue weighted by Crippen LogP contribution is -2.47. The second-order valence-corrected chi connectivity index (χ2v) is 9.32. The summed E-state index contributed by atoms with van der Waals surface area (Å²) in [5.41, 5.74) is 3.54. The third-order valence-corrected chi connectivity index (χ3v) is 7.02. The van der Waals surface area contributed by atoms with Crippen molar-refractivity contribution in [1.29, 1.82) is 0 Å². The van der Waals surface area contributed by atoms with Crippen molar-refractivity contribution in [2.75, 3.05) is 68.8 Å². The van der Waals surface area contributed by atoms with E-state index in [4.69, 9.17) is 28.4 Å². The number of ether oxygens (including phenoxy) is 6. The van der Waals surface area contributed by atoms with Gasteiger partial charge >= 0.3 is 0 Å². The van der Waals surface area contributed by atoms with E-state index in [1.54, 1.807) is 67.1 Å². The van der Waals surface area contributed by atoms with Crippen LogP contribution >= 0.6 is 0 Å². The molecule has 0 unspecified atom stereocenters. The molecule has 0 spiro atoms. The maximum atomic E-state index is 13.0. The summed E-state index contributed by atoms with van der Waals surface area (Å²) in [5.74, 6) is 3.22. The molecule has 0 atom stereocenters. The highest BCUT2D eigenvalue weighted by Gasteiger charge is 2.21. The lowest BCUT2D eigenvalue weighted by Gasteiger charge is -2.34. The Morgan fingerprint density at radius 1 is 0.756 bits per heavy atom. The van der Waals surface area contributed by atoms with Gasteiger partial charge in [0.2, 0.25) is 17.4 Å². The summed E-state index contributed by atoms with van der Waals surface area (Å²) in [5, 5.41) is 0. The predicted octanol–water partition coefficient (Wildman–Crippen LogP) is 4.16. The first-order valence-corrected chi connectivity index (χ1v) is 13.2. The molecule has 2 heterocycles. The average Bonchev–Trinajstić information content (AvgIpc) is 3.02. The first-order valence-electron chi connectivity index (χ1n) is 13.2. The minimum absolute atomic E-state index is 0.0462. The molecule has 1 aliphatic rings. The van der Waals surface area contributed by atoms with Crippen molar-refractivity contribution in [3.05, 3.63) is 59.8 Å². The van der Waals surface area contributed by atoms with Crippen molar-refractivity contribution >= 4 is 12.0 Å².